The summed E-state index contributed by atoms with van der Waals surface area (Å²) in [5, 5.41) is 2.59. The molecule has 0 saturated carbocycles. The van der Waals surface area contributed by atoms with Crippen LogP contribution in [0, 0.1) is 0 Å². The van der Waals surface area contributed by atoms with Crippen molar-refractivity contribution in [2.45, 2.75) is 26.2 Å². The van der Waals surface area contributed by atoms with Crippen LogP contribution in [-0.4, -0.2) is 9.55 Å². The lowest BCUT2D eigenvalue weighted by Crippen LogP contribution is -2.28. The van der Waals surface area contributed by atoms with E-state index >= 15 is 0 Å². The smallest absolute Gasteiger partial charge is 0.260 e. The molecule has 2 heterocycles. The minimum atomic E-state index is -0.142. The molecule has 3 nitrogen and oxygen atoms in total. The van der Waals surface area contributed by atoms with Gasteiger partial charge in [0.25, 0.3) is 5.56 Å². The third-order valence-corrected chi connectivity index (χ3v) is 3.15. The Hall–Kier alpha value is -1.42. The van der Waals surface area contributed by atoms with E-state index in [4.69, 9.17) is 0 Å². The van der Waals surface area contributed by atoms with Crippen LogP contribution in [-0.2, 0) is 5.41 Å². The van der Waals surface area contributed by atoms with Crippen LogP contribution in [0.15, 0.2) is 34.7 Å². The highest BCUT2D eigenvalue weighted by atomic mass is 32.1. The Morgan fingerprint density at radius 3 is 2.69 bits per heavy atom. The molecule has 0 aromatic carbocycles. The molecule has 2 rings (SSSR count). The molecule has 0 aliphatic rings. The summed E-state index contributed by atoms with van der Waals surface area (Å²) in [6, 6.07) is 3.77. The Morgan fingerprint density at radius 2 is 2.12 bits per heavy atom. The third kappa shape index (κ3) is 1.93. The van der Waals surface area contributed by atoms with Gasteiger partial charge in [0.05, 0.1) is 0 Å². The Morgan fingerprint density at radius 1 is 1.38 bits per heavy atom. The maximum atomic E-state index is 12.2. The van der Waals surface area contributed by atoms with Gasteiger partial charge in [0.2, 0.25) is 0 Å². The molecule has 0 spiro atoms. The lowest BCUT2D eigenvalue weighted by molar-refractivity contribution is 0.577. The van der Waals surface area contributed by atoms with Crippen LogP contribution in [0.2, 0.25) is 0 Å². The molecule has 16 heavy (non-hydrogen) atoms. The van der Waals surface area contributed by atoms with Gasteiger partial charge in [-0.1, -0.05) is 26.8 Å². The summed E-state index contributed by atoms with van der Waals surface area (Å²) in [6.45, 7) is 6.11. The molecule has 0 amide bonds. The topological polar surface area (TPSA) is 34.9 Å². The first-order chi connectivity index (χ1) is 7.50. The van der Waals surface area contributed by atoms with Crippen LogP contribution >= 0.6 is 11.3 Å². The fourth-order valence-electron chi connectivity index (χ4n) is 1.55. The average Bonchev–Trinajstić information content (AvgIpc) is 2.69. The zero-order valence-electron chi connectivity index (χ0n) is 9.60. The molecule has 0 saturated heterocycles. The monoisotopic (exact) mass is 234 g/mol. The molecule has 0 unspecified atom stereocenters. The summed E-state index contributed by atoms with van der Waals surface area (Å²) in [5.41, 5.74) is 0.687. The fourth-order valence-corrected chi connectivity index (χ4v) is 2.17. The van der Waals surface area contributed by atoms with E-state index in [-0.39, 0.29) is 11.0 Å². The standard InChI is InChI=1S/C12H14N2OS/c1-12(2,3)9-5-4-7-14(10(9)15)11-13-6-8-16-11/h4-8H,1-3H3. The first-order valence-corrected chi connectivity index (χ1v) is 6.00. The van der Waals surface area contributed by atoms with Crippen molar-refractivity contribution in [3.8, 4) is 5.13 Å². The van der Waals surface area contributed by atoms with Gasteiger partial charge in [-0.3, -0.25) is 9.36 Å². The number of rotatable bonds is 1. The fraction of sp³-hybridized carbons (Fsp3) is 0.333. The normalized spacial score (nSPS) is 11.7. The van der Waals surface area contributed by atoms with Crippen molar-refractivity contribution in [1.82, 2.24) is 9.55 Å². The van der Waals surface area contributed by atoms with Crippen LogP contribution in [0.3, 0.4) is 0 Å². The van der Waals surface area contributed by atoms with E-state index in [1.54, 1.807) is 17.0 Å². The highest BCUT2D eigenvalue weighted by molar-refractivity contribution is 7.12. The van der Waals surface area contributed by atoms with Crippen LogP contribution < -0.4 is 5.56 Å². The minimum Gasteiger partial charge on any atom is -0.269 e. The Kier molecular flexibility index (Phi) is 2.68. The van der Waals surface area contributed by atoms with Gasteiger partial charge in [-0.15, -0.1) is 11.3 Å². The van der Waals surface area contributed by atoms with Gasteiger partial charge in [0.1, 0.15) is 0 Å². The number of thiazole rings is 1. The molecular formula is C12H14N2OS. The van der Waals surface area contributed by atoms with Crippen molar-refractivity contribution >= 4 is 11.3 Å². The minimum absolute atomic E-state index is 0.0185. The lowest BCUT2D eigenvalue weighted by Gasteiger charge is -2.18. The van der Waals surface area contributed by atoms with Gasteiger partial charge < -0.3 is 0 Å². The predicted octanol–water partition coefficient (Wildman–Crippen LogP) is 2.59. The molecule has 0 bridgehead atoms. The molecule has 0 atom stereocenters. The zero-order chi connectivity index (χ0) is 11.8. The van der Waals surface area contributed by atoms with E-state index < -0.39 is 0 Å². The summed E-state index contributed by atoms with van der Waals surface area (Å²) in [5.74, 6) is 0. The van der Waals surface area contributed by atoms with E-state index in [9.17, 15) is 4.79 Å². The van der Waals surface area contributed by atoms with E-state index in [0.717, 1.165) is 10.7 Å². The first kappa shape index (κ1) is 11.1. The average molecular weight is 234 g/mol. The van der Waals surface area contributed by atoms with E-state index in [1.165, 1.54) is 11.3 Å². The number of aromatic nitrogens is 2. The van der Waals surface area contributed by atoms with Crippen LogP contribution in [0.4, 0.5) is 0 Å². The van der Waals surface area contributed by atoms with Crippen molar-refractivity contribution in [3.05, 3.63) is 45.8 Å². The van der Waals surface area contributed by atoms with Gasteiger partial charge in [-0.25, -0.2) is 4.98 Å². The second-order valence-corrected chi connectivity index (χ2v) is 5.53. The summed E-state index contributed by atoms with van der Waals surface area (Å²) >= 11 is 1.46. The summed E-state index contributed by atoms with van der Waals surface area (Å²) in [4.78, 5) is 16.4. The van der Waals surface area contributed by atoms with Gasteiger partial charge in [0.15, 0.2) is 5.13 Å². The molecule has 2 aromatic heterocycles. The van der Waals surface area contributed by atoms with Crippen molar-refractivity contribution < 1.29 is 0 Å². The molecule has 0 aliphatic carbocycles. The molecule has 0 radical (unpaired) electrons. The van der Waals surface area contributed by atoms with Crippen LogP contribution in [0.25, 0.3) is 5.13 Å². The van der Waals surface area contributed by atoms with Gasteiger partial charge in [-0.05, 0) is 11.5 Å². The molecule has 4 heteroatoms. The van der Waals surface area contributed by atoms with Crippen molar-refractivity contribution in [1.29, 1.82) is 0 Å². The largest absolute Gasteiger partial charge is 0.269 e. The van der Waals surface area contributed by atoms with Gasteiger partial charge in [-0.2, -0.15) is 0 Å². The molecule has 0 aliphatic heterocycles. The van der Waals surface area contributed by atoms with Crippen molar-refractivity contribution in [3.63, 3.8) is 0 Å². The first-order valence-electron chi connectivity index (χ1n) is 5.12. The molecule has 2 aromatic rings. The van der Waals surface area contributed by atoms with Crippen LogP contribution in [0.5, 0.6) is 0 Å². The van der Waals surface area contributed by atoms with E-state index in [0.29, 0.717) is 0 Å². The number of hydrogen-bond acceptors (Lipinski definition) is 3. The number of pyridine rings is 1. The maximum absolute atomic E-state index is 12.2. The molecule has 0 fully saturated rings. The van der Waals surface area contributed by atoms with Gasteiger partial charge >= 0.3 is 0 Å². The lowest BCUT2D eigenvalue weighted by atomic mass is 9.88. The third-order valence-electron chi connectivity index (χ3n) is 2.38. The van der Waals surface area contributed by atoms with Crippen molar-refractivity contribution in [2.75, 3.05) is 0 Å². The highest BCUT2D eigenvalue weighted by Crippen LogP contribution is 2.19. The summed E-state index contributed by atoms with van der Waals surface area (Å²) in [6.07, 6.45) is 3.46. The zero-order valence-corrected chi connectivity index (χ0v) is 10.4. The Balaban J connectivity index is 2.63. The molecule has 0 N–H and O–H groups in total. The highest BCUT2D eigenvalue weighted by Gasteiger charge is 2.19. The number of nitrogens with zero attached hydrogens (tertiary/aromatic N) is 2. The summed E-state index contributed by atoms with van der Waals surface area (Å²) in [7, 11) is 0. The molecule has 84 valence electrons. The Labute approximate surface area is 98.4 Å². The summed E-state index contributed by atoms with van der Waals surface area (Å²) < 4.78 is 1.60. The van der Waals surface area contributed by atoms with E-state index in [2.05, 4.69) is 4.98 Å². The second kappa shape index (κ2) is 3.87. The van der Waals surface area contributed by atoms with Crippen molar-refractivity contribution in [2.24, 2.45) is 0 Å². The van der Waals surface area contributed by atoms with Crippen LogP contribution in [0.1, 0.15) is 26.3 Å². The SMILES string of the molecule is CC(C)(C)c1cccn(-c2nccs2)c1=O. The maximum Gasteiger partial charge on any atom is 0.260 e. The molecular weight excluding hydrogens is 220 g/mol. The predicted molar refractivity (Wildman–Crippen MR) is 66.4 cm³/mol. The number of hydrogen-bond donors (Lipinski definition) is 0. The second-order valence-electron chi connectivity index (χ2n) is 4.66. The quantitative estimate of drug-likeness (QED) is 0.760. The Bertz CT molecular complexity index is 535. The van der Waals surface area contributed by atoms with Gasteiger partial charge in [0, 0.05) is 23.3 Å². The van der Waals surface area contributed by atoms with E-state index in [1.807, 2.05) is 38.3 Å².